The van der Waals surface area contributed by atoms with Crippen molar-refractivity contribution in [2.45, 2.75) is 58.1 Å². The lowest BCUT2D eigenvalue weighted by Gasteiger charge is -2.23. The summed E-state index contributed by atoms with van der Waals surface area (Å²) in [6, 6.07) is -0.292. The van der Waals surface area contributed by atoms with Crippen LogP contribution >= 0.6 is 0 Å². The summed E-state index contributed by atoms with van der Waals surface area (Å²) in [6.45, 7) is 5.37. The summed E-state index contributed by atoms with van der Waals surface area (Å²) in [6.07, 6.45) is 2.84. The van der Waals surface area contributed by atoms with E-state index in [4.69, 9.17) is 9.84 Å². The molecule has 102 valence electrons. The lowest BCUT2D eigenvalue weighted by atomic mass is 10.1. The lowest BCUT2D eigenvalue weighted by molar-refractivity contribution is -0.137. The van der Waals surface area contributed by atoms with Crippen LogP contribution in [0.15, 0.2) is 0 Å². The van der Waals surface area contributed by atoms with Crippen LogP contribution in [0.4, 0.5) is 4.79 Å². The highest BCUT2D eigenvalue weighted by Gasteiger charge is 2.65. The van der Waals surface area contributed by atoms with Crippen LogP contribution in [0.2, 0.25) is 0 Å². The highest BCUT2D eigenvalue weighted by Crippen LogP contribution is 2.71. The molecule has 2 saturated carbocycles. The zero-order valence-electron chi connectivity index (χ0n) is 11.2. The van der Waals surface area contributed by atoms with Gasteiger partial charge in [-0.1, -0.05) is 0 Å². The van der Waals surface area contributed by atoms with Gasteiger partial charge in [-0.25, -0.2) is 4.79 Å². The number of hydrogen-bond donors (Lipinski definition) is 2. The number of rotatable bonds is 4. The normalized spacial score (nSPS) is 25.4. The number of carbonyl (C=O) groups excluding carboxylic acids is 1. The quantitative estimate of drug-likeness (QED) is 0.807. The Morgan fingerprint density at radius 1 is 1.44 bits per heavy atom. The Morgan fingerprint density at radius 2 is 2.06 bits per heavy atom. The maximum atomic E-state index is 11.7. The molecule has 2 atom stereocenters. The van der Waals surface area contributed by atoms with Crippen LogP contribution in [0.1, 0.15) is 46.5 Å². The Labute approximate surface area is 107 Å². The molecule has 2 N–H and O–H groups in total. The van der Waals surface area contributed by atoms with Gasteiger partial charge in [0, 0.05) is 6.04 Å². The van der Waals surface area contributed by atoms with Crippen molar-refractivity contribution in [2.75, 3.05) is 0 Å². The third kappa shape index (κ3) is 3.15. The van der Waals surface area contributed by atoms with Crippen molar-refractivity contribution >= 4 is 12.1 Å². The SMILES string of the molecule is CC(C)(C)OC(=O)N[C@@H](CC(=O)O)C1CC12CC2. The van der Waals surface area contributed by atoms with Crippen LogP contribution in [-0.2, 0) is 9.53 Å². The number of nitrogens with one attached hydrogen (secondary N) is 1. The molecular formula is C13H21NO4. The van der Waals surface area contributed by atoms with Gasteiger partial charge in [-0.15, -0.1) is 0 Å². The third-order valence-corrected chi connectivity index (χ3v) is 3.73. The van der Waals surface area contributed by atoms with E-state index < -0.39 is 17.7 Å². The van der Waals surface area contributed by atoms with E-state index in [0.29, 0.717) is 11.3 Å². The van der Waals surface area contributed by atoms with Gasteiger partial charge in [-0.3, -0.25) is 4.79 Å². The van der Waals surface area contributed by atoms with E-state index in [1.54, 1.807) is 20.8 Å². The number of ether oxygens (including phenoxy) is 1. The zero-order chi connectivity index (χ0) is 13.6. The summed E-state index contributed by atoms with van der Waals surface area (Å²) in [5.74, 6) is -0.556. The summed E-state index contributed by atoms with van der Waals surface area (Å²) in [4.78, 5) is 22.5. The molecule has 0 aromatic rings. The number of hydrogen-bond acceptors (Lipinski definition) is 3. The second kappa shape index (κ2) is 4.14. The minimum Gasteiger partial charge on any atom is -0.481 e. The van der Waals surface area contributed by atoms with Gasteiger partial charge in [0.05, 0.1) is 6.42 Å². The molecule has 0 aromatic carbocycles. The Balaban J connectivity index is 1.89. The number of aliphatic carboxylic acids is 1. The largest absolute Gasteiger partial charge is 0.481 e. The Bertz CT molecular complexity index is 368. The first-order chi connectivity index (χ1) is 8.22. The molecule has 2 aliphatic rings. The van der Waals surface area contributed by atoms with E-state index in [-0.39, 0.29) is 12.5 Å². The van der Waals surface area contributed by atoms with Gasteiger partial charge in [-0.05, 0) is 51.4 Å². The van der Waals surface area contributed by atoms with Crippen LogP contribution < -0.4 is 5.32 Å². The van der Waals surface area contributed by atoms with E-state index >= 15 is 0 Å². The molecule has 5 nitrogen and oxygen atoms in total. The number of amides is 1. The lowest BCUT2D eigenvalue weighted by Crippen LogP contribution is -2.41. The predicted octanol–water partition coefficient (Wildman–Crippen LogP) is 2.15. The molecule has 0 aliphatic heterocycles. The summed E-state index contributed by atoms with van der Waals surface area (Å²) in [7, 11) is 0. The molecule has 0 aromatic heterocycles. The highest BCUT2D eigenvalue weighted by atomic mass is 16.6. The van der Waals surface area contributed by atoms with Crippen LogP contribution in [0, 0.1) is 11.3 Å². The molecule has 2 aliphatic carbocycles. The highest BCUT2D eigenvalue weighted by molar-refractivity contribution is 5.72. The van der Waals surface area contributed by atoms with Crippen LogP contribution in [0.3, 0.4) is 0 Å². The van der Waals surface area contributed by atoms with Crippen molar-refractivity contribution in [2.24, 2.45) is 11.3 Å². The first-order valence-corrected chi connectivity index (χ1v) is 6.43. The first kappa shape index (κ1) is 13.2. The standard InChI is InChI=1S/C13H21NO4/c1-12(2,3)18-11(17)14-9(6-10(15)16)8-7-13(8)4-5-13/h8-9H,4-7H2,1-3H3,(H,14,17)(H,15,16)/t8?,9-/m0/s1. The topological polar surface area (TPSA) is 75.6 Å². The third-order valence-electron chi connectivity index (χ3n) is 3.73. The van der Waals surface area contributed by atoms with E-state index in [1.165, 1.54) is 12.8 Å². The fraction of sp³-hybridized carbons (Fsp3) is 0.846. The van der Waals surface area contributed by atoms with Crippen LogP contribution in [0.25, 0.3) is 0 Å². The first-order valence-electron chi connectivity index (χ1n) is 6.43. The van der Waals surface area contributed by atoms with Crippen molar-refractivity contribution in [3.05, 3.63) is 0 Å². The number of carbonyl (C=O) groups is 2. The van der Waals surface area contributed by atoms with E-state index in [2.05, 4.69) is 5.32 Å². The second-order valence-electron chi connectivity index (χ2n) is 6.52. The number of carboxylic acids is 1. The summed E-state index contributed by atoms with van der Waals surface area (Å²) in [5.41, 5.74) is -0.201. The molecule has 1 unspecified atom stereocenters. The molecule has 1 amide bonds. The average Bonchev–Trinajstić information content (AvgIpc) is 3.02. The molecule has 0 heterocycles. The molecule has 18 heavy (non-hydrogen) atoms. The van der Waals surface area contributed by atoms with Crippen molar-refractivity contribution in [3.63, 3.8) is 0 Å². The molecular weight excluding hydrogens is 234 g/mol. The van der Waals surface area contributed by atoms with Gasteiger partial charge in [0.2, 0.25) is 0 Å². The smallest absolute Gasteiger partial charge is 0.407 e. The van der Waals surface area contributed by atoms with Gasteiger partial charge >= 0.3 is 12.1 Å². The maximum Gasteiger partial charge on any atom is 0.407 e. The van der Waals surface area contributed by atoms with Crippen molar-refractivity contribution in [1.82, 2.24) is 5.32 Å². The van der Waals surface area contributed by atoms with Gasteiger partial charge in [0.15, 0.2) is 0 Å². The van der Waals surface area contributed by atoms with Crippen LogP contribution in [0.5, 0.6) is 0 Å². The monoisotopic (exact) mass is 255 g/mol. The fourth-order valence-electron chi connectivity index (χ4n) is 2.62. The second-order valence-corrected chi connectivity index (χ2v) is 6.52. The number of carboxylic acid groups (broad SMARTS) is 1. The summed E-state index contributed by atoms with van der Waals surface area (Å²) in [5, 5.41) is 11.6. The molecule has 2 fully saturated rings. The van der Waals surface area contributed by atoms with E-state index in [9.17, 15) is 9.59 Å². The minimum absolute atomic E-state index is 0.0222. The Kier molecular flexibility index (Phi) is 3.03. The zero-order valence-corrected chi connectivity index (χ0v) is 11.2. The maximum absolute atomic E-state index is 11.7. The average molecular weight is 255 g/mol. The Morgan fingerprint density at radius 3 is 2.44 bits per heavy atom. The van der Waals surface area contributed by atoms with E-state index in [1.807, 2.05) is 0 Å². The Hall–Kier alpha value is -1.26. The fourth-order valence-corrected chi connectivity index (χ4v) is 2.62. The van der Waals surface area contributed by atoms with Gasteiger partial charge < -0.3 is 15.2 Å². The van der Waals surface area contributed by atoms with Crippen LogP contribution in [-0.4, -0.2) is 28.8 Å². The summed E-state index contributed by atoms with van der Waals surface area (Å²) < 4.78 is 5.17. The van der Waals surface area contributed by atoms with Crippen molar-refractivity contribution in [1.29, 1.82) is 0 Å². The molecule has 0 saturated heterocycles. The van der Waals surface area contributed by atoms with Gasteiger partial charge in [-0.2, -0.15) is 0 Å². The molecule has 2 rings (SSSR count). The summed E-state index contributed by atoms with van der Waals surface area (Å²) >= 11 is 0. The molecule has 1 spiro atoms. The molecule has 5 heteroatoms. The predicted molar refractivity (Wildman–Crippen MR) is 65.2 cm³/mol. The van der Waals surface area contributed by atoms with Crippen molar-refractivity contribution < 1.29 is 19.4 Å². The van der Waals surface area contributed by atoms with E-state index in [0.717, 1.165) is 6.42 Å². The van der Waals surface area contributed by atoms with Gasteiger partial charge in [0.25, 0.3) is 0 Å². The minimum atomic E-state index is -0.876. The van der Waals surface area contributed by atoms with Crippen molar-refractivity contribution in [3.8, 4) is 0 Å². The number of alkyl carbamates (subject to hydrolysis) is 1. The molecule has 0 radical (unpaired) electrons. The molecule has 0 bridgehead atoms. The van der Waals surface area contributed by atoms with Gasteiger partial charge in [0.1, 0.15) is 5.60 Å².